The number of unbranched alkanes of at least 4 members (excludes halogenated alkanes) is 2. The smallest absolute Gasteiger partial charge is 0.279 e. The average Bonchev–Trinajstić information content (AvgIpc) is 2.97. The van der Waals surface area contributed by atoms with E-state index in [9.17, 15) is 4.79 Å². The Morgan fingerprint density at radius 2 is 1.00 bits per heavy atom. The number of benzene rings is 2. The highest BCUT2D eigenvalue weighted by Gasteiger charge is 2.30. The molecule has 2 N–H and O–H groups in total. The van der Waals surface area contributed by atoms with Crippen LogP contribution in [0.25, 0.3) is 0 Å². The van der Waals surface area contributed by atoms with Gasteiger partial charge in [-0.1, -0.05) is 159 Å². The largest absolute Gasteiger partial charge is 0.361 e. The standard InChI is InChI=1S/C13H23NOS.2C10H14.CH3NOS.CH4/c15-13(16)14(11-7-3-1-4-8-11)12-9-5-2-6-10-12;2*1-2-3-7-10-8-5-4-6-9-10;2-1(3)4;/h11-12H,1-10H2,(H,15,16);2*4-6,8-9H,2-3,7H2,1H3;(H3,2,3,4);1H4. The SMILES string of the molecule is C.CCCCc1ccccc1.CCCCc1ccccc1.NC(=O)S.O=C(S)N(C1CCCCC1)C1CCCCC1. The van der Waals surface area contributed by atoms with E-state index in [2.05, 4.69) is 110 Å². The first kappa shape index (κ1) is 39.1. The number of primary amides is 1. The fraction of sp³-hybridized carbons (Fsp3) is 0.600. The number of hydrogen-bond donors (Lipinski definition) is 3. The Balaban J connectivity index is 0.000000562. The quantitative estimate of drug-likeness (QED) is 0.263. The number of carbonyl (C=O) groups is 2. The molecule has 2 amide bonds. The maximum atomic E-state index is 11.7. The van der Waals surface area contributed by atoms with Crippen molar-refractivity contribution >= 4 is 35.7 Å². The van der Waals surface area contributed by atoms with Gasteiger partial charge in [-0.15, -0.1) is 0 Å². The van der Waals surface area contributed by atoms with Crippen molar-refractivity contribution in [2.24, 2.45) is 5.73 Å². The lowest BCUT2D eigenvalue weighted by molar-refractivity contribution is 0.122. The van der Waals surface area contributed by atoms with Gasteiger partial charge in [0.05, 0.1) is 0 Å². The highest BCUT2D eigenvalue weighted by molar-refractivity contribution is 7.96. The van der Waals surface area contributed by atoms with Crippen molar-refractivity contribution in [3.05, 3.63) is 71.8 Å². The second-order valence-corrected chi connectivity index (χ2v) is 11.6. The molecule has 2 saturated carbocycles. The highest BCUT2D eigenvalue weighted by Crippen LogP contribution is 2.31. The van der Waals surface area contributed by atoms with Crippen LogP contribution in [-0.4, -0.2) is 27.5 Å². The summed E-state index contributed by atoms with van der Waals surface area (Å²) in [6.45, 7) is 4.45. The van der Waals surface area contributed by atoms with Crippen LogP contribution in [0.2, 0.25) is 0 Å². The van der Waals surface area contributed by atoms with Crippen LogP contribution in [0.1, 0.15) is 122 Å². The van der Waals surface area contributed by atoms with Crippen molar-refractivity contribution in [2.45, 2.75) is 136 Å². The van der Waals surface area contributed by atoms with Crippen molar-refractivity contribution in [1.82, 2.24) is 4.90 Å². The maximum Gasteiger partial charge on any atom is 0.279 e. The van der Waals surface area contributed by atoms with Crippen molar-refractivity contribution in [1.29, 1.82) is 0 Å². The number of rotatable bonds is 8. The molecule has 2 aliphatic carbocycles. The Labute approximate surface area is 263 Å². The zero-order chi connectivity index (χ0) is 29.4. The molecule has 2 aromatic rings. The molecule has 4 nitrogen and oxygen atoms in total. The molecule has 2 fully saturated rings. The molecule has 0 radical (unpaired) electrons. The van der Waals surface area contributed by atoms with Gasteiger partial charge in [-0.2, -0.15) is 0 Å². The van der Waals surface area contributed by atoms with E-state index in [0.717, 1.165) is 0 Å². The second-order valence-electron chi connectivity index (χ2n) is 10.8. The van der Waals surface area contributed by atoms with E-state index in [0.29, 0.717) is 12.1 Å². The zero-order valence-corrected chi connectivity index (χ0v) is 26.8. The molecule has 232 valence electrons. The number of hydrogen-bond acceptors (Lipinski definition) is 2. The summed E-state index contributed by atoms with van der Waals surface area (Å²) in [5.74, 6) is 0. The van der Waals surface area contributed by atoms with Crippen LogP contribution in [-0.2, 0) is 12.8 Å². The van der Waals surface area contributed by atoms with Crippen LogP contribution >= 0.6 is 25.3 Å². The van der Waals surface area contributed by atoms with E-state index in [-0.39, 0.29) is 12.7 Å². The Morgan fingerprint density at radius 3 is 1.27 bits per heavy atom. The summed E-state index contributed by atoms with van der Waals surface area (Å²) < 4.78 is 0. The normalized spacial score (nSPS) is 14.8. The molecular formula is C35H58N2O2S2. The van der Waals surface area contributed by atoms with E-state index in [4.69, 9.17) is 4.79 Å². The van der Waals surface area contributed by atoms with Gasteiger partial charge in [0.15, 0.2) is 0 Å². The third-order valence-electron chi connectivity index (χ3n) is 7.48. The van der Waals surface area contributed by atoms with Gasteiger partial charge in [0.2, 0.25) is 0 Å². The number of nitrogens with two attached hydrogens (primary N) is 1. The summed E-state index contributed by atoms with van der Waals surface area (Å²) in [4.78, 5) is 22.9. The topological polar surface area (TPSA) is 63.4 Å². The third kappa shape index (κ3) is 19.8. The lowest BCUT2D eigenvalue weighted by atomic mass is 9.89. The van der Waals surface area contributed by atoms with Gasteiger partial charge in [0.25, 0.3) is 10.5 Å². The predicted molar refractivity (Wildman–Crippen MR) is 185 cm³/mol. The highest BCUT2D eigenvalue weighted by atomic mass is 32.1. The third-order valence-corrected chi connectivity index (χ3v) is 7.71. The minimum atomic E-state index is -0.639. The first-order chi connectivity index (χ1) is 19.4. The summed E-state index contributed by atoms with van der Waals surface area (Å²) >= 11 is 7.21. The minimum absolute atomic E-state index is 0. The van der Waals surface area contributed by atoms with Gasteiger partial charge in [-0.05, 0) is 62.5 Å². The second kappa shape index (κ2) is 25.8. The summed E-state index contributed by atoms with van der Waals surface area (Å²) in [5.41, 5.74) is 7.26. The Bertz CT molecular complexity index is 818. The Morgan fingerprint density at radius 1 is 0.683 bits per heavy atom. The van der Waals surface area contributed by atoms with E-state index >= 15 is 0 Å². The summed E-state index contributed by atoms with van der Waals surface area (Å²) in [7, 11) is 0. The molecule has 0 aromatic heterocycles. The molecule has 0 saturated heterocycles. The first-order valence-electron chi connectivity index (χ1n) is 15.5. The van der Waals surface area contributed by atoms with Crippen LogP contribution in [0.4, 0.5) is 9.59 Å². The Hall–Kier alpha value is -1.92. The predicted octanol–water partition coefficient (Wildman–Crippen LogP) is 10.7. The summed E-state index contributed by atoms with van der Waals surface area (Å²) in [6.07, 6.45) is 20.3. The maximum absolute atomic E-state index is 11.7. The zero-order valence-electron chi connectivity index (χ0n) is 25.0. The molecule has 4 rings (SSSR count). The van der Waals surface area contributed by atoms with Gasteiger partial charge in [-0.3, -0.25) is 9.59 Å². The molecule has 0 aliphatic heterocycles. The average molecular weight is 603 g/mol. The van der Waals surface area contributed by atoms with Gasteiger partial charge < -0.3 is 10.6 Å². The first-order valence-corrected chi connectivity index (χ1v) is 16.4. The number of amides is 2. The Kier molecular flexibility index (Phi) is 24.6. The minimum Gasteiger partial charge on any atom is -0.361 e. The van der Waals surface area contributed by atoms with Gasteiger partial charge >= 0.3 is 0 Å². The van der Waals surface area contributed by atoms with Gasteiger partial charge in [0, 0.05) is 12.1 Å². The van der Waals surface area contributed by atoms with Crippen molar-refractivity contribution in [3.8, 4) is 0 Å². The van der Waals surface area contributed by atoms with Crippen LogP contribution in [0, 0.1) is 0 Å². The monoisotopic (exact) mass is 602 g/mol. The fourth-order valence-corrected chi connectivity index (χ4v) is 5.71. The molecule has 2 aromatic carbocycles. The van der Waals surface area contributed by atoms with Gasteiger partial charge in [-0.25, -0.2) is 0 Å². The van der Waals surface area contributed by atoms with E-state index < -0.39 is 5.24 Å². The van der Waals surface area contributed by atoms with Crippen molar-refractivity contribution < 1.29 is 9.59 Å². The number of carbonyl (C=O) groups excluding carboxylic acids is 2. The van der Waals surface area contributed by atoms with Crippen LogP contribution in [0.15, 0.2) is 60.7 Å². The lowest BCUT2D eigenvalue weighted by Crippen LogP contribution is -2.46. The molecule has 0 atom stereocenters. The number of aryl methyl sites for hydroxylation is 2. The van der Waals surface area contributed by atoms with Crippen LogP contribution < -0.4 is 5.73 Å². The van der Waals surface area contributed by atoms with E-state index in [1.807, 2.05) is 0 Å². The summed E-state index contributed by atoms with van der Waals surface area (Å²) in [5, 5.41) is -0.626. The molecular weight excluding hydrogens is 545 g/mol. The van der Waals surface area contributed by atoms with Gasteiger partial charge in [0.1, 0.15) is 0 Å². The van der Waals surface area contributed by atoms with Crippen LogP contribution in [0.3, 0.4) is 0 Å². The molecule has 6 heteroatoms. The molecule has 0 spiro atoms. The van der Waals surface area contributed by atoms with E-state index in [1.54, 1.807) is 0 Å². The number of nitrogens with zero attached hydrogens (tertiary/aromatic N) is 1. The molecule has 41 heavy (non-hydrogen) atoms. The molecule has 0 unspecified atom stereocenters. The molecule has 2 aliphatic rings. The van der Waals surface area contributed by atoms with Crippen molar-refractivity contribution in [2.75, 3.05) is 0 Å². The molecule has 0 bridgehead atoms. The van der Waals surface area contributed by atoms with Crippen LogP contribution in [0.5, 0.6) is 0 Å². The lowest BCUT2D eigenvalue weighted by Gasteiger charge is -2.40. The fourth-order valence-electron chi connectivity index (χ4n) is 5.38. The molecule has 0 heterocycles. The summed E-state index contributed by atoms with van der Waals surface area (Å²) in [6, 6.07) is 22.3. The van der Waals surface area contributed by atoms with Crippen molar-refractivity contribution in [3.63, 3.8) is 0 Å². The van der Waals surface area contributed by atoms with E-state index in [1.165, 1.54) is 114 Å². The number of thiol groups is 2.